The molecule has 4 heteroatoms. The monoisotopic (exact) mass is 213 g/mol. The summed E-state index contributed by atoms with van der Waals surface area (Å²) in [4.78, 5) is 4.19. The molecule has 0 aromatic carbocycles. The molecule has 0 aliphatic heterocycles. The number of pyridine rings is 1. The Morgan fingerprint density at radius 2 is 2.31 bits per heavy atom. The van der Waals surface area contributed by atoms with Crippen molar-refractivity contribution in [2.45, 2.75) is 13.2 Å². The van der Waals surface area contributed by atoms with Gasteiger partial charge in [-0.3, -0.25) is 9.67 Å². The summed E-state index contributed by atoms with van der Waals surface area (Å²) in [5.41, 5.74) is 2.15. The first kappa shape index (κ1) is 10.4. The second-order valence-electron chi connectivity index (χ2n) is 3.28. The number of aromatic nitrogens is 3. The van der Waals surface area contributed by atoms with E-state index in [0.29, 0.717) is 12.2 Å². The van der Waals surface area contributed by atoms with Crippen LogP contribution >= 0.6 is 0 Å². The Morgan fingerprint density at radius 1 is 1.44 bits per heavy atom. The third-order valence-electron chi connectivity index (χ3n) is 2.17. The minimum absolute atomic E-state index is 0.0729. The SMILES string of the molecule is C#CCn1cc(CO)c(-c2ccccn2)n1. The highest BCUT2D eigenvalue weighted by atomic mass is 16.3. The van der Waals surface area contributed by atoms with Gasteiger partial charge in [-0.15, -0.1) is 6.42 Å². The van der Waals surface area contributed by atoms with E-state index in [9.17, 15) is 5.11 Å². The van der Waals surface area contributed by atoms with Crippen LogP contribution < -0.4 is 0 Å². The molecule has 2 aromatic heterocycles. The van der Waals surface area contributed by atoms with Crippen LogP contribution in [0.3, 0.4) is 0 Å². The summed E-state index contributed by atoms with van der Waals surface area (Å²) in [6.45, 7) is 0.316. The number of hydrogen-bond donors (Lipinski definition) is 1. The molecule has 0 radical (unpaired) electrons. The molecule has 0 saturated heterocycles. The van der Waals surface area contributed by atoms with Gasteiger partial charge in [0.05, 0.1) is 12.3 Å². The Kier molecular flexibility index (Phi) is 2.99. The summed E-state index contributed by atoms with van der Waals surface area (Å²) in [7, 11) is 0. The first-order valence-electron chi connectivity index (χ1n) is 4.87. The van der Waals surface area contributed by atoms with Crippen LogP contribution in [0.25, 0.3) is 11.4 Å². The maximum Gasteiger partial charge on any atom is 0.116 e. The van der Waals surface area contributed by atoms with Crippen molar-refractivity contribution in [1.29, 1.82) is 0 Å². The normalized spacial score (nSPS) is 10.0. The highest BCUT2D eigenvalue weighted by molar-refractivity contribution is 5.57. The summed E-state index contributed by atoms with van der Waals surface area (Å²) < 4.78 is 1.62. The van der Waals surface area contributed by atoms with E-state index >= 15 is 0 Å². The van der Waals surface area contributed by atoms with Crippen molar-refractivity contribution < 1.29 is 5.11 Å². The average Bonchev–Trinajstić information content (AvgIpc) is 2.74. The van der Waals surface area contributed by atoms with Crippen LogP contribution in [-0.2, 0) is 13.2 Å². The van der Waals surface area contributed by atoms with Gasteiger partial charge in [0.15, 0.2) is 0 Å². The second-order valence-corrected chi connectivity index (χ2v) is 3.28. The number of terminal acetylenes is 1. The lowest BCUT2D eigenvalue weighted by atomic mass is 10.2. The lowest BCUT2D eigenvalue weighted by Gasteiger charge is -1.97. The summed E-state index contributed by atoms with van der Waals surface area (Å²) in [6, 6.07) is 5.56. The number of nitrogens with zero attached hydrogens (tertiary/aromatic N) is 3. The molecule has 2 aromatic rings. The number of rotatable bonds is 3. The van der Waals surface area contributed by atoms with E-state index in [0.717, 1.165) is 11.3 Å². The molecule has 0 aliphatic rings. The van der Waals surface area contributed by atoms with Crippen LogP contribution in [0.1, 0.15) is 5.56 Å². The van der Waals surface area contributed by atoms with Crippen molar-refractivity contribution in [2.24, 2.45) is 0 Å². The third kappa shape index (κ3) is 1.95. The zero-order chi connectivity index (χ0) is 11.4. The van der Waals surface area contributed by atoms with Gasteiger partial charge in [0.25, 0.3) is 0 Å². The van der Waals surface area contributed by atoms with Crippen molar-refractivity contribution in [2.75, 3.05) is 0 Å². The second kappa shape index (κ2) is 4.60. The molecule has 2 rings (SSSR count). The van der Waals surface area contributed by atoms with E-state index in [1.807, 2.05) is 18.2 Å². The van der Waals surface area contributed by atoms with Crippen molar-refractivity contribution in [1.82, 2.24) is 14.8 Å². The van der Waals surface area contributed by atoms with E-state index in [2.05, 4.69) is 16.0 Å². The van der Waals surface area contributed by atoms with Gasteiger partial charge in [-0.1, -0.05) is 12.0 Å². The largest absolute Gasteiger partial charge is 0.392 e. The molecule has 0 aliphatic carbocycles. The molecule has 0 unspecified atom stereocenters. The van der Waals surface area contributed by atoms with Gasteiger partial charge in [-0.05, 0) is 12.1 Å². The fourth-order valence-corrected chi connectivity index (χ4v) is 1.47. The molecule has 1 N–H and O–H groups in total. The minimum atomic E-state index is -0.0729. The first-order chi connectivity index (χ1) is 7.85. The lowest BCUT2D eigenvalue weighted by molar-refractivity contribution is 0.282. The summed E-state index contributed by atoms with van der Waals surface area (Å²) in [5, 5.41) is 13.5. The maximum atomic E-state index is 9.23. The van der Waals surface area contributed by atoms with Gasteiger partial charge >= 0.3 is 0 Å². The molecule has 0 bridgehead atoms. The maximum absolute atomic E-state index is 9.23. The zero-order valence-corrected chi connectivity index (χ0v) is 8.67. The fraction of sp³-hybridized carbons (Fsp3) is 0.167. The van der Waals surface area contributed by atoms with Gasteiger partial charge in [-0.25, -0.2) is 0 Å². The number of aliphatic hydroxyl groups is 1. The summed E-state index contributed by atoms with van der Waals surface area (Å²) >= 11 is 0. The van der Waals surface area contributed by atoms with Crippen LogP contribution in [0, 0.1) is 12.3 Å². The Hall–Kier alpha value is -2.12. The van der Waals surface area contributed by atoms with Gasteiger partial charge in [0, 0.05) is 18.0 Å². The molecular weight excluding hydrogens is 202 g/mol. The average molecular weight is 213 g/mol. The van der Waals surface area contributed by atoms with Crippen molar-refractivity contribution in [3.05, 3.63) is 36.2 Å². The predicted octanol–water partition coefficient (Wildman–Crippen LogP) is 1.07. The Bertz CT molecular complexity index is 511. The van der Waals surface area contributed by atoms with Crippen LogP contribution in [0.2, 0.25) is 0 Å². The molecular formula is C12H11N3O. The molecule has 2 heterocycles. The quantitative estimate of drug-likeness (QED) is 0.776. The van der Waals surface area contributed by atoms with E-state index in [1.165, 1.54) is 0 Å². The molecule has 0 fully saturated rings. The zero-order valence-electron chi connectivity index (χ0n) is 8.67. The van der Waals surface area contributed by atoms with Gasteiger partial charge < -0.3 is 5.11 Å². The third-order valence-corrected chi connectivity index (χ3v) is 2.17. The predicted molar refractivity (Wildman–Crippen MR) is 60.2 cm³/mol. The minimum Gasteiger partial charge on any atom is -0.392 e. The van der Waals surface area contributed by atoms with Crippen LogP contribution in [0.15, 0.2) is 30.6 Å². The lowest BCUT2D eigenvalue weighted by Crippen LogP contribution is -1.95. The van der Waals surface area contributed by atoms with Gasteiger partial charge in [-0.2, -0.15) is 5.10 Å². The molecule has 0 amide bonds. The molecule has 0 atom stereocenters. The summed E-state index contributed by atoms with van der Waals surface area (Å²) in [5.74, 6) is 2.50. The van der Waals surface area contributed by atoms with Crippen LogP contribution in [-0.4, -0.2) is 19.9 Å². The topological polar surface area (TPSA) is 50.9 Å². The molecule has 16 heavy (non-hydrogen) atoms. The van der Waals surface area contributed by atoms with E-state index in [1.54, 1.807) is 17.1 Å². The van der Waals surface area contributed by atoms with E-state index in [-0.39, 0.29) is 6.61 Å². The highest BCUT2D eigenvalue weighted by Crippen LogP contribution is 2.19. The smallest absolute Gasteiger partial charge is 0.116 e. The number of aliphatic hydroxyl groups excluding tert-OH is 1. The van der Waals surface area contributed by atoms with Gasteiger partial charge in [0.1, 0.15) is 12.2 Å². The molecule has 4 nitrogen and oxygen atoms in total. The molecule has 0 spiro atoms. The van der Waals surface area contributed by atoms with Crippen molar-refractivity contribution in [3.63, 3.8) is 0 Å². The Morgan fingerprint density at radius 3 is 2.94 bits per heavy atom. The Balaban J connectivity index is 2.44. The molecule has 0 saturated carbocycles. The molecule has 80 valence electrons. The van der Waals surface area contributed by atoms with Crippen LogP contribution in [0.4, 0.5) is 0 Å². The standard InChI is InChI=1S/C12H11N3O/c1-2-7-15-8-10(9-16)12(14-15)11-5-3-4-6-13-11/h1,3-6,8,16H,7,9H2. The number of hydrogen-bond acceptors (Lipinski definition) is 3. The van der Waals surface area contributed by atoms with Crippen molar-refractivity contribution >= 4 is 0 Å². The first-order valence-corrected chi connectivity index (χ1v) is 4.87. The summed E-state index contributed by atoms with van der Waals surface area (Å²) in [6.07, 6.45) is 8.64. The van der Waals surface area contributed by atoms with E-state index < -0.39 is 0 Å². The van der Waals surface area contributed by atoms with E-state index in [4.69, 9.17) is 6.42 Å². The van der Waals surface area contributed by atoms with Crippen molar-refractivity contribution in [3.8, 4) is 23.7 Å². The fourth-order valence-electron chi connectivity index (χ4n) is 1.47. The van der Waals surface area contributed by atoms with Crippen LogP contribution in [0.5, 0.6) is 0 Å². The Labute approximate surface area is 93.6 Å². The van der Waals surface area contributed by atoms with Gasteiger partial charge in [0.2, 0.25) is 0 Å². The highest BCUT2D eigenvalue weighted by Gasteiger charge is 2.10.